The van der Waals surface area contributed by atoms with Crippen LogP contribution in [0.25, 0.3) is 0 Å². The van der Waals surface area contributed by atoms with Crippen LogP contribution in [0.4, 0.5) is 11.4 Å². The number of carbonyl (C=O) groups excluding carboxylic acids is 1. The highest BCUT2D eigenvalue weighted by molar-refractivity contribution is 5.95. The van der Waals surface area contributed by atoms with Crippen molar-refractivity contribution in [2.45, 2.75) is 38.6 Å². The maximum atomic E-state index is 12.2. The molecule has 0 spiro atoms. The first kappa shape index (κ1) is 15.9. The van der Waals surface area contributed by atoms with E-state index in [2.05, 4.69) is 12.2 Å². The lowest BCUT2D eigenvalue weighted by atomic mass is 9.87. The van der Waals surface area contributed by atoms with Gasteiger partial charge in [0.1, 0.15) is 0 Å². The molecule has 1 aromatic carbocycles. The molecule has 1 saturated carbocycles. The van der Waals surface area contributed by atoms with Gasteiger partial charge in [-0.05, 0) is 18.8 Å². The zero-order valence-corrected chi connectivity index (χ0v) is 12.2. The van der Waals surface area contributed by atoms with Gasteiger partial charge < -0.3 is 5.32 Å². The molecule has 8 heteroatoms. The Kier molecular flexibility index (Phi) is 4.69. The van der Waals surface area contributed by atoms with Crippen molar-refractivity contribution in [1.82, 2.24) is 5.32 Å². The second-order valence-electron chi connectivity index (χ2n) is 5.69. The summed E-state index contributed by atoms with van der Waals surface area (Å²) in [5.41, 5.74) is -0.980. The Morgan fingerprint density at radius 2 is 1.73 bits per heavy atom. The van der Waals surface area contributed by atoms with Crippen LogP contribution in [0.5, 0.6) is 0 Å². The third-order valence-corrected chi connectivity index (χ3v) is 3.86. The molecule has 1 aliphatic rings. The van der Waals surface area contributed by atoms with E-state index in [-0.39, 0.29) is 11.6 Å². The Labute approximate surface area is 126 Å². The third kappa shape index (κ3) is 3.78. The molecule has 0 saturated heterocycles. The molecule has 0 bridgehead atoms. The van der Waals surface area contributed by atoms with Gasteiger partial charge in [-0.2, -0.15) is 0 Å². The average Bonchev–Trinajstić information content (AvgIpc) is 2.46. The zero-order valence-electron chi connectivity index (χ0n) is 12.2. The Hall–Kier alpha value is -2.51. The topological polar surface area (TPSA) is 115 Å². The number of nitro groups is 2. The number of carbonyl (C=O) groups is 1. The summed E-state index contributed by atoms with van der Waals surface area (Å²) in [6, 6.07) is 2.98. The number of rotatable bonds is 4. The van der Waals surface area contributed by atoms with Crippen LogP contribution >= 0.6 is 0 Å². The molecule has 1 aliphatic carbocycles. The fourth-order valence-corrected chi connectivity index (χ4v) is 2.77. The van der Waals surface area contributed by atoms with Crippen LogP contribution in [0.15, 0.2) is 18.2 Å². The quantitative estimate of drug-likeness (QED) is 0.678. The average molecular weight is 307 g/mol. The smallest absolute Gasteiger partial charge is 0.277 e. The standard InChI is InChI=1S/C14H17N3O5/c1-9-3-2-4-11(5-9)15-14(18)10-6-12(16(19)20)8-13(7-10)17(21)22/h6-9,11H,2-5H2,1H3,(H,15,18). The number of nitrogens with one attached hydrogen (secondary N) is 1. The van der Waals surface area contributed by atoms with Gasteiger partial charge in [0.2, 0.25) is 0 Å². The van der Waals surface area contributed by atoms with E-state index in [1.54, 1.807) is 0 Å². The van der Waals surface area contributed by atoms with Crippen molar-refractivity contribution in [3.63, 3.8) is 0 Å². The van der Waals surface area contributed by atoms with Gasteiger partial charge in [-0.1, -0.05) is 19.8 Å². The van der Waals surface area contributed by atoms with Crippen LogP contribution in [-0.4, -0.2) is 21.8 Å². The lowest BCUT2D eigenvalue weighted by molar-refractivity contribution is -0.394. The number of amides is 1. The first-order chi connectivity index (χ1) is 10.4. The van der Waals surface area contributed by atoms with Crippen molar-refractivity contribution < 1.29 is 14.6 Å². The first-order valence-electron chi connectivity index (χ1n) is 7.11. The minimum atomic E-state index is -0.744. The summed E-state index contributed by atoms with van der Waals surface area (Å²) < 4.78 is 0. The van der Waals surface area contributed by atoms with Crippen molar-refractivity contribution in [2.24, 2.45) is 5.92 Å². The predicted molar refractivity (Wildman–Crippen MR) is 78.6 cm³/mol. The number of benzene rings is 1. The fourth-order valence-electron chi connectivity index (χ4n) is 2.77. The minimum absolute atomic E-state index is 0.00886. The Balaban J connectivity index is 2.21. The molecule has 0 radical (unpaired) electrons. The Bertz CT molecular complexity index is 584. The monoisotopic (exact) mass is 307 g/mol. The molecule has 0 aliphatic heterocycles. The van der Waals surface area contributed by atoms with E-state index in [0.29, 0.717) is 5.92 Å². The summed E-state index contributed by atoms with van der Waals surface area (Å²) in [5.74, 6) is 0.00407. The number of hydrogen-bond donors (Lipinski definition) is 1. The van der Waals surface area contributed by atoms with Gasteiger partial charge in [-0.25, -0.2) is 0 Å². The molecule has 2 atom stereocenters. The van der Waals surface area contributed by atoms with Gasteiger partial charge in [0, 0.05) is 18.2 Å². The van der Waals surface area contributed by atoms with Crippen molar-refractivity contribution >= 4 is 17.3 Å². The Morgan fingerprint density at radius 3 is 2.23 bits per heavy atom. The lowest BCUT2D eigenvalue weighted by Crippen LogP contribution is -2.38. The number of nitrogens with zero attached hydrogens (tertiary/aromatic N) is 2. The van der Waals surface area contributed by atoms with Gasteiger partial charge in [-0.3, -0.25) is 25.0 Å². The van der Waals surface area contributed by atoms with E-state index in [1.165, 1.54) is 0 Å². The number of hydrogen-bond acceptors (Lipinski definition) is 5. The highest BCUT2D eigenvalue weighted by atomic mass is 16.6. The van der Waals surface area contributed by atoms with E-state index >= 15 is 0 Å². The van der Waals surface area contributed by atoms with Crippen molar-refractivity contribution in [3.05, 3.63) is 44.0 Å². The molecule has 0 aromatic heterocycles. The third-order valence-electron chi connectivity index (χ3n) is 3.86. The van der Waals surface area contributed by atoms with Gasteiger partial charge in [0.15, 0.2) is 0 Å². The summed E-state index contributed by atoms with van der Waals surface area (Å²) in [5, 5.41) is 24.5. The molecule has 2 rings (SSSR count). The van der Waals surface area contributed by atoms with Crippen LogP contribution in [-0.2, 0) is 0 Å². The largest absolute Gasteiger partial charge is 0.349 e. The molecule has 1 aromatic rings. The second-order valence-corrected chi connectivity index (χ2v) is 5.69. The molecule has 8 nitrogen and oxygen atoms in total. The van der Waals surface area contributed by atoms with Gasteiger partial charge in [-0.15, -0.1) is 0 Å². The van der Waals surface area contributed by atoms with E-state index < -0.39 is 27.1 Å². The highest BCUT2D eigenvalue weighted by Gasteiger charge is 2.24. The molecule has 1 fully saturated rings. The fraction of sp³-hybridized carbons (Fsp3) is 0.500. The van der Waals surface area contributed by atoms with Crippen LogP contribution in [0.3, 0.4) is 0 Å². The minimum Gasteiger partial charge on any atom is -0.349 e. The second kappa shape index (κ2) is 6.50. The molecular formula is C14H17N3O5. The molecular weight excluding hydrogens is 290 g/mol. The van der Waals surface area contributed by atoms with Crippen molar-refractivity contribution in [1.29, 1.82) is 0 Å². The van der Waals surface area contributed by atoms with Crippen LogP contribution < -0.4 is 5.32 Å². The highest BCUT2D eigenvalue weighted by Crippen LogP contribution is 2.25. The molecule has 1 amide bonds. The molecule has 2 unspecified atom stereocenters. The SMILES string of the molecule is CC1CCCC(NC(=O)c2cc([N+](=O)[O-])cc([N+](=O)[O-])c2)C1. The summed E-state index contributed by atoms with van der Waals surface area (Å²) in [4.78, 5) is 32.4. The van der Waals surface area contributed by atoms with E-state index in [9.17, 15) is 25.0 Å². The number of non-ortho nitro benzene ring substituents is 2. The summed E-state index contributed by atoms with van der Waals surface area (Å²) in [6.07, 6.45) is 3.84. The van der Waals surface area contributed by atoms with E-state index in [4.69, 9.17) is 0 Å². The van der Waals surface area contributed by atoms with Crippen LogP contribution in [0.1, 0.15) is 43.0 Å². The first-order valence-corrected chi connectivity index (χ1v) is 7.11. The van der Waals surface area contributed by atoms with Gasteiger partial charge in [0.25, 0.3) is 17.3 Å². The van der Waals surface area contributed by atoms with Crippen LogP contribution in [0.2, 0.25) is 0 Å². The lowest BCUT2D eigenvalue weighted by Gasteiger charge is -2.27. The molecule has 118 valence electrons. The molecule has 0 heterocycles. The normalized spacial score (nSPS) is 21.1. The van der Waals surface area contributed by atoms with Crippen molar-refractivity contribution in [3.8, 4) is 0 Å². The Morgan fingerprint density at radius 1 is 1.14 bits per heavy atom. The summed E-state index contributed by atoms with van der Waals surface area (Å²) in [7, 11) is 0. The number of nitro benzene ring substituents is 2. The van der Waals surface area contributed by atoms with Crippen molar-refractivity contribution in [2.75, 3.05) is 0 Å². The van der Waals surface area contributed by atoms with Gasteiger partial charge >= 0.3 is 0 Å². The predicted octanol–water partition coefficient (Wildman–Crippen LogP) is 2.81. The maximum absolute atomic E-state index is 12.2. The maximum Gasteiger partial charge on any atom is 0.277 e. The summed E-state index contributed by atoms with van der Waals surface area (Å²) >= 11 is 0. The van der Waals surface area contributed by atoms with Gasteiger partial charge in [0.05, 0.1) is 21.5 Å². The molecule has 22 heavy (non-hydrogen) atoms. The van der Waals surface area contributed by atoms with E-state index in [0.717, 1.165) is 43.9 Å². The summed E-state index contributed by atoms with van der Waals surface area (Å²) in [6.45, 7) is 2.11. The zero-order chi connectivity index (χ0) is 16.3. The van der Waals surface area contributed by atoms with Crippen LogP contribution in [0, 0.1) is 26.1 Å². The van der Waals surface area contributed by atoms with E-state index in [1.807, 2.05) is 0 Å². The molecule has 1 N–H and O–H groups in total.